The van der Waals surface area contributed by atoms with Gasteiger partial charge in [0, 0.05) is 32.7 Å². The largest absolute Gasteiger partial charge is 0.352 e. The van der Waals surface area contributed by atoms with E-state index in [0.29, 0.717) is 39.3 Å². The molecule has 0 spiro atoms. The van der Waals surface area contributed by atoms with E-state index < -0.39 is 6.04 Å². The third kappa shape index (κ3) is 7.45. The van der Waals surface area contributed by atoms with Crippen molar-refractivity contribution in [2.45, 2.75) is 19.9 Å². The van der Waals surface area contributed by atoms with Crippen LogP contribution in [0, 0.1) is 5.92 Å². The lowest BCUT2D eigenvalue weighted by atomic mass is 10.0. The van der Waals surface area contributed by atoms with Gasteiger partial charge in [-0.3, -0.25) is 14.5 Å². The summed E-state index contributed by atoms with van der Waals surface area (Å²) in [5.74, 6) is 0.143. The van der Waals surface area contributed by atoms with E-state index >= 15 is 0 Å². The Bertz CT molecular complexity index is 359. The molecule has 6 nitrogen and oxygen atoms in total. The van der Waals surface area contributed by atoms with Gasteiger partial charge >= 0.3 is 0 Å². The van der Waals surface area contributed by atoms with Crippen LogP contribution in [0.15, 0.2) is 12.7 Å². The highest BCUT2D eigenvalue weighted by molar-refractivity contribution is 5.85. The fourth-order valence-corrected chi connectivity index (χ4v) is 2.07. The van der Waals surface area contributed by atoms with E-state index in [1.54, 1.807) is 11.0 Å². The minimum Gasteiger partial charge on any atom is -0.352 e. The molecular formula is C14H28Cl2N4O2. The van der Waals surface area contributed by atoms with Gasteiger partial charge in [0.1, 0.15) is 0 Å². The topological polar surface area (TPSA) is 78.7 Å². The van der Waals surface area contributed by atoms with Crippen molar-refractivity contribution in [2.24, 2.45) is 11.7 Å². The highest BCUT2D eigenvalue weighted by atomic mass is 35.5. The van der Waals surface area contributed by atoms with Crippen LogP contribution in [0.4, 0.5) is 0 Å². The summed E-state index contributed by atoms with van der Waals surface area (Å²) in [4.78, 5) is 27.5. The van der Waals surface area contributed by atoms with E-state index in [2.05, 4.69) is 11.9 Å². The van der Waals surface area contributed by atoms with E-state index in [9.17, 15) is 9.59 Å². The fraction of sp³-hybridized carbons (Fsp3) is 0.714. The van der Waals surface area contributed by atoms with E-state index in [4.69, 9.17) is 5.73 Å². The zero-order valence-corrected chi connectivity index (χ0v) is 14.9. The summed E-state index contributed by atoms with van der Waals surface area (Å²) in [6.07, 6.45) is 1.65. The molecule has 1 aliphatic heterocycles. The molecule has 0 aromatic rings. The van der Waals surface area contributed by atoms with Gasteiger partial charge in [0.05, 0.1) is 12.6 Å². The number of nitrogens with zero attached hydrogens (tertiary/aromatic N) is 2. The monoisotopic (exact) mass is 354 g/mol. The first-order chi connectivity index (χ1) is 9.45. The summed E-state index contributed by atoms with van der Waals surface area (Å²) in [5.41, 5.74) is 5.88. The lowest BCUT2D eigenvalue weighted by molar-refractivity contribution is -0.135. The Labute approximate surface area is 145 Å². The van der Waals surface area contributed by atoms with Crippen LogP contribution < -0.4 is 11.1 Å². The number of piperazine rings is 1. The maximum Gasteiger partial charge on any atom is 0.239 e. The van der Waals surface area contributed by atoms with Crippen molar-refractivity contribution in [2.75, 3.05) is 39.3 Å². The van der Waals surface area contributed by atoms with Crippen LogP contribution in [0.3, 0.4) is 0 Å². The second-order valence-corrected chi connectivity index (χ2v) is 5.46. The third-order valence-corrected chi connectivity index (χ3v) is 3.50. The summed E-state index contributed by atoms with van der Waals surface area (Å²) in [5, 5.41) is 2.75. The summed E-state index contributed by atoms with van der Waals surface area (Å²) in [7, 11) is 0. The van der Waals surface area contributed by atoms with E-state index in [1.807, 2.05) is 18.7 Å². The first-order valence-corrected chi connectivity index (χ1v) is 7.10. The first kappa shape index (κ1) is 23.4. The predicted octanol–water partition coefficient (Wildman–Crippen LogP) is 0.260. The molecule has 0 bridgehead atoms. The molecule has 2 amide bonds. The molecule has 130 valence electrons. The molecule has 1 aliphatic rings. The van der Waals surface area contributed by atoms with Gasteiger partial charge in [-0.2, -0.15) is 0 Å². The average molecular weight is 355 g/mol. The van der Waals surface area contributed by atoms with E-state index in [0.717, 1.165) is 0 Å². The Morgan fingerprint density at radius 2 is 1.77 bits per heavy atom. The van der Waals surface area contributed by atoms with Gasteiger partial charge in [0.15, 0.2) is 0 Å². The SMILES string of the molecule is C=CCNC(=O)CN1CCN(C(=O)[C@H](N)C(C)C)CC1.Cl.Cl. The number of halogens is 2. The number of hydrogen-bond donors (Lipinski definition) is 2. The van der Waals surface area contributed by atoms with E-state index in [-0.39, 0.29) is 42.5 Å². The molecule has 22 heavy (non-hydrogen) atoms. The molecule has 8 heteroatoms. The number of hydrogen-bond acceptors (Lipinski definition) is 4. The molecule has 1 atom stereocenters. The molecule has 1 heterocycles. The quantitative estimate of drug-likeness (QED) is 0.670. The summed E-state index contributed by atoms with van der Waals surface area (Å²) in [6.45, 7) is 11.0. The van der Waals surface area contributed by atoms with Gasteiger partial charge in [0.2, 0.25) is 11.8 Å². The van der Waals surface area contributed by atoms with Crippen LogP contribution in [0.5, 0.6) is 0 Å². The fourth-order valence-electron chi connectivity index (χ4n) is 2.07. The Morgan fingerprint density at radius 1 is 1.23 bits per heavy atom. The number of amides is 2. The molecule has 1 rings (SSSR count). The standard InChI is InChI=1S/C14H26N4O2.2ClH/c1-4-5-16-12(19)10-17-6-8-18(9-7-17)14(20)13(15)11(2)3;;/h4,11,13H,1,5-10,15H2,2-3H3,(H,16,19);2*1H/t13-;;/m1../s1. The molecule has 0 saturated carbocycles. The Balaban J connectivity index is 0. The van der Waals surface area contributed by atoms with Crippen LogP contribution in [0.2, 0.25) is 0 Å². The zero-order chi connectivity index (χ0) is 15.1. The van der Waals surface area contributed by atoms with Crippen LogP contribution in [-0.2, 0) is 9.59 Å². The minimum atomic E-state index is -0.433. The first-order valence-electron chi connectivity index (χ1n) is 7.10. The summed E-state index contributed by atoms with van der Waals surface area (Å²) >= 11 is 0. The molecule has 0 aromatic carbocycles. The minimum absolute atomic E-state index is 0. The number of rotatable bonds is 6. The lowest BCUT2D eigenvalue weighted by Gasteiger charge is -2.36. The molecule has 0 aromatic heterocycles. The summed E-state index contributed by atoms with van der Waals surface area (Å²) < 4.78 is 0. The molecule has 1 saturated heterocycles. The molecule has 0 aliphatic carbocycles. The maximum absolute atomic E-state index is 12.1. The highest BCUT2D eigenvalue weighted by Crippen LogP contribution is 2.07. The van der Waals surface area contributed by atoms with Gasteiger partial charge in [-0.15, -0.1) is 31.4 Å². The van der Waals surface area contributed by atoms with Crippen molar-refractivity contribution in [1.82, 2.24) is 15.1 Å². The van der Waals surface area contributed by atoms with E-state index in [1.165, 1.54) is 0 Å². The Morgan fingerprint density at radius 3 is 2.23 bits per heavy atom. The van der Waals surface area contributed by atoms with Gasteiger partial charge in [-0.25, -0.2) is 0 Å². The highest BCUT2D eigenvalue weighted by Gasteiger charge is 2.27. The molecule has 1 fully saturated rings. The molecule has 0 unspecified atom stereocenters. The number of nitrogens with two attached hydrogens (primary N) is 1. The summed E-state index contributed by atoms with van der Waals surface area (Å²) in [6, 6.07) is -0.433. The second-order valence-electron chi connectivity index (χ2n) is 5.46. The average Bonchev–Trinajstić information content (AvgIpc) is 2.44. The van der Waals surface area contributed by atoms with Gasteiger partial charge in [-0.1, -0.05) is 19.9 Å². The van der Waals surface area contributed by atoms with Crippen LogP contribution in [-0.4, -0.2) is 66.9 Å². The van der Waals surface area contributed by atoms with Crippen LogP contribution in [0.1, 0.15) is 13.8 Å². The predicted molar refractivity (Wildman–Crippen MR) is 93.5 cm³/mol. The van der Waals surface area contributed by atoms with Crippen molar-refractivity contribution >= 4 is 36.6 Å². The molecule has 3 N–H and O–H groups in total. The van der Waals surface area contributed by atoms with Crippen molar-refractivity contribution in [3.8, 4) is 0 Å². The van der Waals surface area contributed by atoms with Gasteiger partial charge in [0.25, 0.3) is 0 Å². The zero-order valence-electron chi connectivity index (χ0n) is 13.3. The van der Waals surface area contributed by atoms with Crippen molar-refractivity contribution in [1.29, 1.82) is 0 Å². The van der Waals surface area contributed by atoms with Crippen molar-refractivity contribution < 1.29 is 9.59 Å². The lowest BCUT2D eigenvalue weighted by Crippen LogP contribution is -2.55. The van der Waals surface area contributed by atoms with Crippen LogP contribution in [0.25, 0.3) is 0 Å². The third-order valence-electron chi connectivity index (χ3n) is 3.50. The Hall–Kier alpha value is -0.820. The van der Waals surface area contributed by atoms with Crippen molar-refractivity contribution in [3.63, 3.8) is 0 Å². The number of carbonyl (C=O) groups excluding carboxylic acids is 2. The van der Waals surface area contributed by atoms with Gasteiger partial charge < -0.3 is 16.0 Å². The normalized spacial score (nSPS) is 16.3. The number of nitrogens with one attached hydrogen (secondary N) is 1. The molecule has 0 radical (unpaired) electrons. The van der Waals surface area contributed by atoms with Crippen LogP contribution >= 0.6 is 24.8 Å². The maximum atomic E-state index is 12.1. The smallest absolute Gasteiger partial charge is 0.239 e. The Kier molecular flexibility index (Phi) is 12.5. The number of carbonyl (C=O) groups is 2. The van der Waals surface area contributed by atoms with Crippen molar-refractivity contribution in [3.05, 3.63) is 12.7 Å². The molecular weight excluding hydrogens is 327 g/mol. The van der Waals surface area contributed by atoms with Gasteiger partial charge in [-0.05, 0) is 5.92 Å². The second kappa shape index (κ2) is 11.7.